The minimum absolute atomic E-state index is 0.180. The van der Waals surface area contributed by atoms with Crippen molar-refractivity contribution in [3.63, 3.8) is 0 Å². The first kappa shape index (κ1) is 12.6. The number of rotatable bonds is 5. The summed E-state index contributed by atoms with van der Waals surface area (Å²) in [6.07, 6.45) is 0.737. The van der Waals surface area contributed by atoms with Gasteiger partial charge in [0.05, 0.1) is 19.6 Å². The zero-order valence-corrected chi connectivity index (χ0v) is 10.0. The number of methoxy groups -OCH3 is 1. The second-order valence-electron chi connectivity index (χ2n) is 3.49. The molecule has 1 rings (SSSR count). The predicted octanol–water partition coefficient (Wildman–Crippen LogP) is 2.75. The average molecular weight is 222 g/mol. The van der Waals surface area contributed by atoms with Gasteiger partial charge in [0.2, 0.25) is 0 Å². The van der Waals surface area contributed by atoms with Crippen molar-refractivity contribution >= 4 is 5.97 Å². The van der Waals surface area contributed by atoms with Crippen LogP contribution in [0, 0.1) is 0 Å². The van der Waals surface area contributed by atoms with E-state index in [0.29, 0.717) is 6.61 Å². The minimum atomic E-state index is -0.188. The smallest absolute Gasteiger partial charge is 0.313 e. The molecule has 0 aliphatic carbocycles. The summed E-state index contributed by atoms with van der Waals surface area (Å²) in [5, 5.41) is 0. The highest BCUT2D eigenvalue weighted by Crippen LogP contribution is 2.23. The first-order valence-electron chi connectivity index (χ1n) is 5.53. The van der Waals surface area contributed by atoms with Gasteiger partial charge in [-0.15, -0.1) is 0 Å². The molecule has 0 aliphatic heterocycles. The van der Waals surface area contributed by atoms with Gasteiger partial charge in [0, 0.05) is 0 Å². The van der Waals surface area contributed by atoms with Crippen molar-refractivity contribution in [3.8, 4) is 5.75 Å². The van der Waals surface area contributed by atoms with E-state index in [1.165, 1.54) is 7.11 Å². The lowest BCUT2D eigenvalue weighted by Crippen LogP contribution is -2.13. The molecule has 1 aromatic rings. The van der Waals surface area contributed by atoms with Crippen LogP contribution in [0.4, 0.5) is 0 Å². The fraction of sp³-hybridized carbons (Fsp3) is 0.462. The van der Waals surface area contributed by atoms with E-state index in [1.54, 1.807) is 0 Å². The summed E-state index contributed by atoms with van der Waals surface area (Å²) in [6.45, 7) is 4.56. The zero-order chi connectivity index (χ0) is 12.0. The molecule has 0 fully saturated rings. The Hall–Kier alpha value is -1.51. The molecule has 3 heteroatoms. The van der Waals surface area contributed by atoms with Gasteiger partial charge in [0.1, 0.15) is 5.75 Å². The van der Waals surface area contributed by atoms with E-state index in [1.807, 2.05) is 38.1 Å². The Kier molecular flexibility index (Phi) is 4.83. The van der Waals surface area contributed by atoms with E-state index in [4.69, 9.17) is 9.47 Å². The molecule has 1 aromatic carbocycles. The van der Waals surface area contributed by atoms with Crippen LogP contribution in [0.2, 0.25) is 0 Å². The standard InChI is InChI=1S/C13H18O3/c1-4-12(13(14)15-3)10-6-8-11(9-7-10)16-5-2/h6-9,12H,4-5H2,1-3H3. The lowest BCUT2D eigenvalue weighted by Gasteiger charge is -2.13. The quantitative estimate of drug-likeness (QED) is 0.719. The normalized spacial score (nSPS) is 11.9. The number of ether oxygens (including phenoxy) is 2. The fourth-order valence-corrected chi connectivity index (χ4v) is 1.64. The van der Waals surface area contributed by atoms with Crippen molar-refractivity contribution in [2.45, 2.75) is 26.2 Å². The van der Waals surface area contributed by atoms with Crippen LogP contribution in [0.5, 0.6) is 5.75 Å². The molecule has 0 spiro atoms. The third-order valence-electron chi connectivity index (χ3n) is 2.49. The summed E-state index contributed by atoms with van der Waals surface area (Å²) in [6, 6.07) is 7.58. The number of esters is 1. The summed E-state index contributed by atoms with van der Waals surface area (Å²) in [5.41, 5.74) is 0.970. The Bertz CT molecular complexity index is 330. The number of benzene rings is 1. The SMILES string of the molecule is CCOc1ccc(C(CC)C(=O)OC)cc1. The van der Waals surface area contributed by atoms with Gasteiger partial charge in [0.25, 0.3) is 0 Å². The Labute approximate surface area is 96.4 Å². The highest BCUT2D eigenvalue weighted by atomic mass is 16.5. The first-order valence-corrected chi connectivity index (χ1v) is 5.53. The predicted molar refractivity (Wildman–Crippen MR) is 62.7 cm³/mol. The second kappa shape index (κ2) is 6.16. The van der Waals surface area contributed by atoms with E-state index < -0.39 is 0 Å². The summed E-state index contributed by atoms with van der Waals surface area (Å²) in [4.78, 5) is 11.5. The molecule has 0 aliphatic rings. The van der Waals surface area contributed by atoms with E-state index in [9.17, 15) is 4.79 Å². The topological polar surface area (TPSA) is 35.5 Å². The van der Waals surface area contributed by atoms with Crippen molar-refractivity contribution in [1.82, 2.24) is 0 Å². The lowest BCUT2D eigenvalue weighted by molar-refractivity contribution is -0.142. The van der Waals surface area contributed by atoms with Crippen molar-refractivity contribution in [3.05, 3.63) is 29.8 Å². The first-order chi connectivity index (χ1) is 7.72. The molecule has 0 saturated carbocycles. The van der Waals surface area contributed by atoms with Crippen LogP contribution in [0.25, 0.3) is 0 Å². The van der Waals surface area contributed by atoms with Gasteiger partial charge >= 0.3 is 5.97 Å². The van der Waals surface area contributed by atoms with Crippen LogP contribution in [-0.4, -0.2) is 19.7 Å². The Morgan fingerprint density at radius 2 is 1.88 bits per heavy atom. The van der Waals surface area contributed by atoms with Crippen molar-refractivity contribution in [2.24, 2.45) is 0 Å². The molecule has 3 nitrogen and oxygen atoms in total. The molecular weight excluding hydrogens is 204 g/mol. The van der Waals surface area contributed by atoms with Crippen LogP contribution >= 0.6 is 0 Å². The zero-order valence-electron chi connectivity index (χ0n) is 10.0. The molecular formula is C13H18O3. The van der Waals surface area contributed by atoms with Crippen LogP contribution in [0.3, 0.4) is 0 Å². The maximum absolute atomic E-state index is 11.5. The van der Waals surface area contributed by atoms with Gasteiger partial charge in [-0.05, 0) is 31.0 Å². The van der Waals surface area contributed by atoms with Gasteiger partial charge < -0.3 is 9.47 Å². The number of carbonyl (C=O) groups is 1. The molecule has 0 radical (unpaired) electrons. The Morgan fingerprint density at radius 3 is 2.31 bits per heavy atom. The molecule has 88 valence electrons. The van der Waals surface area contributed by atoms with Crippen molar-refractivity contribution in [1.29, 1.82) is 0 Å². The molecule has 0 heterocycles. The fourth-order valence-electron chi connectivity index (χ4n) is 1.64. The van der Waals surface area contributed by atoms with Crippen molar-refractivity contribution in [2.75, 3.05) is 13.7 Å². The molecule has 1 unspecified atom stereocenters. The van der Waals surface area contributed by atoms with Crippen molar-refractivity contribution < 1.29 is 14.3 Å². The van der Waals surface area contributed by atoms with Crippen LogP contribution in [0.15, 0.2) is 24.3 Å². The molecule has 0 amide bonds. The largest absolute Gasteiger partial charge is 0.494 e. The average Bonchev–Trinajstić information content (AvgIpc) is 2.32. The van der Waals surface area contributed by atoms with E-state index >= 15 is 0 Å². The molecule has 16 heavy (non-hydrogen) atoms. The molecule has 0 aromatic heterocycles. The van der Waals surface area contributed by atoms with E-state index in [-0.39, 0.29) is 11.9 Å². The summed E-state index contributed by atoms with van der Waals surface area (Å²) in [7, 11) is 1.42. The third kappa shape index (κ3) is 2.99. The van der Waals surface area contributed by atoms with E-state index in [0.717, 1.165) is 17.7 Å². The van der Waals surface area contributed by atoms with Crippen LogP contribution < -0.4 is 4.74 Å². The minimum Gasteiger partial charge on any atom is -0.494 e. The highest BCUT2D eigenvalue weighted by molar-refractivity contribution is 5.77. The monoisotopic (exact) mass is 222 g/mol. The molecule has 0 saturated heterocycles. The number of hydrogen-bond acceptors (Lipinski definition) is 3. The third-order valence-corrected chi connectivity index (χ3v) is 2.49. The Morgan fingerprint density at radius 1 is 1.25 bits per heavy atom. The molecule has 1 atom stereocenters. The van der Waals surface area contributed by atoms with Crippen LogP contribution in [-0.2, 0) is 9.53 Å². The molecule has 0 N–H and O–H groups in total. The van der Waals surface area contributed by atoms with Gasteiger partial charge in [-0.2, -0.15) is 0 Å². The Balaban J connectivity index is 2.82. The molecule has 0 bridgehead atoms. The van der Waals surface area contributed by atoms with Gasteiger partial charge in [-0.25, -0.2) is 0 Å². The summed E-state index contributed by atoms with van der Waals surface area (Å²) < 4.78 is 10.1. The number of hydrogen-bond donors (Lipinski definition) is 0. The maximum Gasteiger partial charge on any atom is 0.313 e. The lowest BCUT2D eigenvalue weighted by atomic mass is 9.97. The van der Waals surface area contributed by atoms with Gasteiger partial charge in [-0.3, -0.25) is 4.79 Å². The number of carbonyl (C=O) groups excluding carboxylic acids is 1. The maximum atomic E-state index is 11.5. The highest BCUT2D eigenvalue weighted by Gasteiger charge is 2.18. The van der Waals surface area contributed by atoms with Crippen LogP contribution in [0.1, 0.15) is 31.7 Å². The summed E-state index contributed by atoms with van der Waals surface area (Å²) >= 11 is 0. The van der Waals surface area contributed by atoms with E-state index in [2.05, 4.69) is 0 Å². The summed E-state index contributed by atoms with van der Waals surface area (Å²) in [5.74, 6) is 0.457. The second-order valence-corrected chi connectivity index (χ2v) is 3.49. The van der Waals surface area contributed by atoms with Gasteiger partial charge in [0.15, 0.2) is 0 Å². The van der Waals surface area contributed by atoms with Gasteiger partial charge in [-0.1, -0.05) is 19.1 Å².